The van der Waals surface area contributed by atoms with Crippen molar-refractivity contribution in [2.75, 3.05) is 12.9 Å². The number of thioether (sulfide) groups is 1. The summed E-state index contributed by atoms with van der Waals surface area (Å²) in [7, 11) is 1.60. The summed E-state index contributed by atoms with van der Waals surface area (Å²) in [6.07, 6.45) is 1.80. The summed E-state index contributed by atoms with van der Waals surface area (Å²) < 4.78 is 10.4. The molecule has 0 aliphatic carbocycles. The molecule has 6 nitrogen and oxygen atoms in total. The molecule has 2 aromatic carbocycles. The van der Waals surface area contributed by atoms with Crippen LogP contribution in [0.4, 0.5) is 0 Å². The van der Waals surface area contributed by atoms with Gasteiger partial charge in [-0.25, -0.2) is 0 Å². The van der Waals surface area contributed by atoms with Crippen LogP contribution in [-0.2, 0) is 6.54 Å². The second kappa shape index (κ2) is 9.05. The number of nitrogens with one attached hydrogen (secondary N) is 1. The number of carbonyl (C=O) groups excluding carboxylic acids is 1. The molecule has 0 spiro atoms. The van der Waals surface area contributed by atoms with Crippen LogP contribution in [0.15, 0.2) is 70.6 Å². The van der Waals surface area contributed by atoms with E-state index in [2.05, 4.69) is 22.0 Å². The minimum Gasteiger partial charge on any atom is -0.497 e. The highest BCUT2D eigenvalue weighted by Crippen LogP contribution is 2.23. The van der Waals surface area contributed by atoms with E-state index in [4.69, 9.17) is 9.26 Å². The number of ether oxygens (including phenoxy) is 1. The Balaban J connectivity index is 1.66. The average molecular weight is 381 g/mol. The van der Waals surface area contributed by atoms with Crippen LogP contribution in [0, 0.1) is 0 Å². The van der Waals surface area contributed by atoms with Crippen LogP contribution in [0.1, 0.15) is 16.2 Å². The molecule has 27 heavy (non-hydrogen) atoms. The number of amides is 1. The van der Waals surface area contributed by atoms with Gasteiger partial charge in [0.2, 0.25) is 11.7 Å². The number of nitrogens with zero attached hydrogens (tertiary/aromatic N) is 2. The molecular weight excluding hydrogens is 362 g/mol. The summed E-state index contributed by atoms with van der Waals surface area (Å²) in [6, 6.07) is 14.8. The number of carbonyl (C=O) groups is 1. The molecule has 0 saturated heterocycles. The van der Waals surface area contributed by atoms with Crippen LogP contribution in [0.3, 0.4) is 0 Å². The van der Waals surface area contributed by atoms with Gasteiger partial charge in [0.05, 0.1) is 19.2 Å². The molecule has 1 heterocycles. The maximum Gasteiger partial charge on any atom is 0.252 e. The SMILES string of the molecule is C=CCSc1ccccc1C(=O)NCc1nc(-c2cccc(OC)c2)no1. The fraction of sp³-hybridized carbons (Fsp3) is 0.150. The maximum atomic E-state index is 12.5. The van der Waals surface area contributed by atoms with E-state index in [0.29, 0.717) is 23.0 Å². The van der Waals surface area contributed by atoms with Crippen molar-refractivity contribution >= 4 is 17.7 Å². The lowest BCUT2D eigenvalue weighted by atomic mass is 10.2. The zero-order valence-corrected chi connectivity index (χ0v) is 15.7. The van der Waals surface area contributed by atoms with Gasteiger partial charge in [-0.1, -0.05) is 35.5 Å². The van der Waals surface area contributed by atoms with Gasteiger partial charge in [-0.15, -0.1) is 18.3 Å². The van der Waals surface area contributed by atoms with Gasteiger partial charge in [-0.2, -0.15) is 4.98 Å². The first kappa shape index (κ1) is 18.7. The van der Waals surface area contributed by atoms with E-state index in [1.165, 1.54) is 0 Å². The van der Waals surface area contributed by atoms with E-state index < -0.39 is 0 Å². The molecule has 0 atom stereocenters. The van der Waals surface area contributed by atoms with Crippen LogP contribution in [-0.4, -0.2) is 28.9 Å². The lowest BCUT2D eigenvalue weighted by Gasteiger charge is -2.07. The molecule has 138 valence electrons. The fourth-order valence-corrected chi connectivity index (χ4v) is 3.17. The molecule has 0 aliphatic heterocycles. The van der Waals surface area contributed by atoms with Gasteiger partial charge in [0, 0.05) is 16.2 Å². The van der Waals surface area contributed by atoms with Crippen molar-refractivity contribution in [1.82, 2.24) is 15.5 Å². The van der Waals surface area contributed by atoms with E-state index >= 15 is 0 Å². The standard InChI is InChI=1S/C20H19N3O3S/c1-3-11-27-17-10-5-4-9-16(17)20(24)21-13-18-22-19(23-26-18)14-7-6-8-15(12-14)25-2/h3-10,12H,1,11,13H2,2H3,(H,21,24). The Morgan fingerprint density at radius 2 is 2.15 bits per heavy atom. The van der Waals surface area contributed by atoms with Crippen LogP contribution in [0.5, 0.6) is 5.75 Å². The first-order valence-electron chi connectivity index (χ1n) is 8.29. The summed E-state index contributed by atoms with van der Waals surface area (Å²) in [4.78, 5) is 17.7. The van der Waals surface area contributed by atoms with Gasteiger partial charge in [0.15, 0.2) is 0 Å². The molecule has 0 radical (unpaired) electrons. The summed E-state index contributed by atoms with van der Waals surface area (Å²) in [6.45, 7) is 3.86. The number of hydrogen-bond donors (Lipinski definition) is 1. The molecular formula is C20H19N3O3S. The van der Waals surface area contributed by atoms with Crippen LogP contribution in [0.2, 0.25) is 0 Å². The van der Waals surface area contributed by atoms with Crippen molar-refractivity contribution in [2.45, 2.75) is 11.4 Å². The number of benzene rings is 2. The number of hydrogen-bond acceptors (Lipinski definition) is 6. The van der Waals surface area contributed by atoms with Gasteiger partial charge in [-0.3, -0.25) is 4.79 Å². The summed E-state index contributed by atoms with van der Waals surface area (Å²) in [5.41, 5.74) is 1.39. The van der Waals surface area contributed by atoms with Crippen molar-refractivity contribution in [1.29, 1.82) is 0 Å². The van der Waals surface area contributed by atoms with Crippen molar-refractivity contribution in [3.05, 3.63) is 72.6 Å². The van der Waals surface area contributed by atoms with E-state index in [1.54, 1.807) is 31.0 Å². The molecule has 7 heteroatoms. The van der Waals surface area contributed by atoms with E-state index in [-0.39, 0.29) is 12.5 Å². The normalized spacial score (nSPS) is 10.4. The molecule has 1 aromatic heterocycles. The lowest BCUT2D eigenvalue weighted by molar-refractivity contribution is 0.0943. The Morgan fingerprint density at radius 3 is 2.96 bits per heavy atom. The molecule has 0 aliphatic rings. The fourth-order valence-electron chi connectivity index (χ4n) is 2.39. The quantitative estimate of drug-likeness (QED) is 0.470. The van der Waals surface area contributed by atoms with Gasteiger partial charge < -0.3 is 14.6 Å². The maximum absolute atomic E-state index is 12.5. The zero-order valence-electron chi connectivity index (χ0n) is 14.8. The molecule has 1 N–H and O–H groups in total. The molecule has 3 rings (SSSR count). The second-order valence-electron chi connectivity index (χ2n) is 5.52. The first-order valence-corrected chi connectivity index (χ1v) is 9.27. The number of aromatic nitrogens is 2. The third-order valence-corrected chi connectivity index (χ3v) is 4.75. The van der Waals surface area contributed by atoms with Gasteiger partial charge in [0.25, 0.3) is 5.91 Å². The van der Waals surface area contributed by atoms with Crippen molar-refractivity contribution < 1.29 is 14.1 Å². The second-order valence-corrected chi connectivity index (χ2v) is 6.58. The van der Waals surface area contributed by atoms with Crippen molar-refractivity contribution in [3.8, 4) is 17.1 Å². The highest BCUT2D eigenvalue weighted by molar-refractivity contribution is 7.99. The molecule has 1 amide bonds. The van der Waals surface area contributed by atoms with Gasteiger partial charge in [-0.05, 0) is 24.3 Å². The molecule has 3 aromatic rings. The topological polar surface area (TPSA) is 77.2 Å². The highest BCUT2D eigenvalue weighted by atomic mass is 32.2. The first-order chi connectivity index (χ1) is 13.2. The van der Waals surface area contributed by atoms with E-state index in [0.717, 1.165) is 16.2 Å². The zero-order chi connectivity index (χ0) is 19.1. The largest absolute Gasteiger partial charge is 0.497 e. The van der Waals surface area contributed by atoms with Gasteiger partial charge >= 0.3 is 0 Å². The van der Waals surface area contributed by atoms with Crippen LogP contribution in [0.25, 0.3) is 11.4 Å². The Labute approximate surface area is 161 Å². The minimum absolute atomic E-state index is 0.149. The predicted octanol–water partition coefficient (Wildman–Crippen LogP) is 3.95. The Morgan fingerprint density at radius 1 is 1.30 bits per heavy atom. The van der Waals surface area contributed by atoms with E-state index in [9.17, 15) is 4.79 Å². The molecule has 0 bridgehead atoms. The smallest absolute Gasteiger partial charge is 0.252 e. The third kappa shape index (κ3) is 4.77. The summed E-state index contributed by atoms with van der Waals surface area (Å²) in [5, 5.41) is 6.78. The summed E-state index contributed by atoms with van der Waals surface area (Å²) in [5.74, 6) is 2.03. The van der Waals surface area contributed by atoms with E-state index in [1.807, 2.05) is 42.5 Å². The number of rotatable bonds is 8. The number of methoxy groups -OCH3 is 1. The third-order valence-electron chi connectivity index (χ3n) is 3.68. The minimum atomic E-state index is -0.191. The van der Waals surface area contributed by atoms with Gasteiger partial charge in [0.1, 0.15) is 5.75 Å². The highest BCUT2D eigenvalue weighted by Gasteiger charge is 2.14. The average Bonchev–Trinajstić information content (AvgIpc) is 3.20. The Bertz CT molecular complexity index is 939. The summed E-state index contributed by atoms with van der Waals surface area (Å²) >= 11 is 1.56. The van der Waals surface area contributed by atoms with Crippen LogP contribution < -0.4 is 10.1 Å². The predicted molar refractivity (Wildman–Crippen MR) is 105 cm³/mol. The van der Waals surface area contributed by atoms with Crippen molar-refractivity contribution in [3.63, 3.8) is 0 Å². The molecule has 0 saturated carbocycles. The monoisotopic (exact) mass is 381 g/mol. The molecule has 0 unspecified atom stereocenters. The van der Waals surface area contributed by atoms with Crippen LogP contribution >= 0.6 is 11.8 Å². The Kier molecular flexibility index (Phi) is 6.27. The molecule has 0 fully saturated rings. The Hall–Kier alpha value is -3.06. The van der Waals surface area contributed by atoms with Crippen molar-refractivity contribution in [2.24, 2.45) is 0 Å². The lowest BCUT2D eigenvalue weighted by Crippen LogP contribution is -2.23.